The maximum atomic E-state index is 4.94. The molecule has 0 fully saturated rings. The average molecular weight is 113 g/mol. The lowest BCUT2D eigenvalue weighted by Crippen LogP contribution is -1.90. The molecular weight excluding hydrogens is 106 g/mol. The highest BCUT2D eigenvalue weighted by molar-refractivity contribution is 4.96. The van der Waals surface area contributed by atoms with Crippen molar-refractivity contribution < 1.29 is 4.74 Å². The minimum atomic E-state index is 0.549. The molecule has 0 saturated carbocycles. The predicted molar refractivity (Wildman–Crippen MR) is 27.6 cm³/mol. The molecule has 0 spiro atoms. The molecule has 0 aromatic carbocycles. The van der Waals surface area contributed by atoms with Crippen LogP contribution in [-0.2, 0) is 0 Å². The zero-order chi connectivity index (χ0) is 5.82. The monoisotopic (exact) mass is 113 g/mol. The number of rotatable bonds is 2. The topological polar surface area (TPSA) is 50.8 Å². The minimum Gasteiger partial charge on any atom is -0.476 e. The lowest BCUT2D eigenvalue weighted by molar-refractivity contribution is 0.326. The van der Waals surface area contributed by atoms with Crippen molar-refractivity contribution in [3.63, 3.8) is 0 Å². The van der Waals surface area contributed by atoms with Gasteiger partial charge in [-0.1, -0.05) is 0 Å². The summed E-state index contributed by atoms with van der Waals surface area (Å²) >= 11 is 0. The van der Waals surface area contributed by atoms with Gasteiger partial charge < -0.3 is 4.74 Å². The molecule has 1 heterocycles. The Balaban J connectivity index is 2.50. The van der Waals surface area contributed by atoms with Crippen molar-refractivity contribution in [3.05, 3.63) is 6.20 Å². The van der Waals surface area contributed by atoms with Crippen LogP contribution < -0.4 is 4.74 Å². The summed E-state index contributed by atoms with van der Waals surface area (Å²) in [5, 5.41) is 9.62. The van der Waals surface area contributed by atoms with Gasteiger partial charge in [-0.2, -0.15) is 10.3 Å². The Morgan fingerprint density at radius 3 is 3.25 bits per heavy atom. The van der Waals surface area contributed by atoms with E-state index in [1.54, 1.807) is 0 Å². The van der Waals surface area contributed by atoms with Gasteiger partial charge in [-0.3, -0.25) is 0 Å². The van der Waals surface area contributed by atoms with Crippen molar-refractivity contribution in [2.24, 2.45) is 0 Å². The zero-order valence-electron chi connectivity index (χ0n) is 4.59. The van der Waals surface area contributed by atoms with Crippen molar-refractivity contribution in [2.75, 3.05) is 6.61 Å². The molecule has 0 saturated heterocycles. The van der Waals surface area contributed by atoms with E-state index in [1.165, 1.54) is 6.20 Å². The van der Waals surface area contributed by atoms with Crippen LogP contribution in [0.3, 0.4) is 0 Å². The summed E-state index contributed by atoms with van der Waals surface area (Å²) in [6.45, 7) is 2.53. The first-order chi connectivity index (χ1) is 3.93. The van der Waals surface area contributed by atoms with E-state index >= 15 is 0 Å². The molecule has 1 rings (SSSR count). The molecular formula is C4H7N3O. The molecule has 44 valence electrons. The van der Waals surface area contributed by atoms with E-state index in [0.717, 1.165) is 0 Å². The van der Waals surface area contributed by atoms with Crippen LogP contribution in [0, 0.1) is 0 Å². The summed E-state index contributed by atoms with van der Waals surface area (Å²) in [7, 11) is 0. The number of H-pyrrole nitrogens is 1. The quantitative estimate of drug-likeness (QED) is 0.596. The summed E-state index contributed by atoms with van der Waals surface area (Å²) in [6.07, 6.45) is 1.53. The fourth-order valence-corrected chi connectivity index (χ4v) is 0.409. The first-order valence-corrected chi connectivity index (χ1v) is 2.42. The van der Waals surface area contributed by atoms with Crippen LogP contribution in [0.1, 0.15) is 6.92 Å². The average Bonchev–Trinajstić information content (AvgIpc) is 2.19. The number of aromatic nitrogens is 3. The summed E-state index contributed by atoms with van der Waals surface area (Å²) in [5.74, 6) is 0.549. The van der Waals surface area contributed by atoms with Gasteiger partial charge in [0.15, 0.2) is 0 Å². The Bertz CT molecular complexity index is 137. The van der Waals surface area contributed by atoms with Crippen LogP contribution in [0.4, 0.5) is 0 Å². The maximum absolute atomic E-state index is 4.94. The zero-order valence-corrected chi connectivity index (χ0v) is 4.59. The molecule has 0 aliphatic heterocycles. The highest BCUT2D eigenvalue weighted by atomic mass is 16.5. The number of hydrogen-bond donors (Lipinski definition) is 1. The number of ether oxygens (including phenoxy) is 1. The van der Waals surface area contributed by atoms with Crippen molar-refractivity contribution in [1.29, 1.82) is 0 Å². The largest absolute Gasteiger partial charge is 0.476 e. The number of aromatic amines is 1. The lowest BCUT2D eigenvalue weighted by atomic mass is 10.8. The van der Waals surface area contributed by atoms with E-state index in [0.29, 0.717) is 12.5 Å². The minimum absolute atomic E-state index is 0.549. The van der Waals surface area contributed by atoms with Crippen molar-refractivity contribution >= 4 is 0 Å². The standard InChI is InChI=1S/C4H7N3O/c1-2-8-4-3-5-7-6-4/h3H,2H2,1H3,(H,5,6,7). The van der Waals surface area contributed by atoms with E-state index < -0.39 is 0 Å². The molecule has 1 aromatic heterocycles. The van der Waals surface area contributed by atoms with Gasteiger partial charge in [0.25, 0.3) is 5.88 Å². The van der Waals surface area contributed by atoms with Gasteiger partial charge in [0.05, 0.1) is 6.61 Å². The predicted octanol–water partition coefficient (Wildman–Crippen LogP) is 0.203. The van der Waals surface area contributed by atoms with Gasteiger partial charge in [0, 0.05) is 0 Å². The summed E-state index contributed by atoms with van der Waals surface area (Å²) < 4.78 is 4.94. The third-order valence-corrected chi connectivity index (χ3v) is 0.685. The molecule has 0 amide bonds. The molecule has 1 aromatic rings. The fourth-order valence-electron chi connectivity index (χ4n) is 0.409. The molecule has 4 nitrogen and oxygen atoms in total. The normalized spacial score (nSPS) is 9.12. The Kier molecular flexibility index (Phi) is 1.46. The van der Waals surface area contributed by atoms with E-state index in [4.69, 9.17) is 4.74 Å². The second-order valence-electron chi connectivity index (χ2n) is 1.24. The smallest absolute Gasteiger partial charge is 0.253 e. The molecule has 1 N–H and O–H groups in total. The molecule has 0 aliphatic carbocycles. The Labute approximate surface area is 46.9 Å². The Morgan fingerprint density at radius 2 is 2.75 bits per heavy atom. The Hall–Kier alpha value is -1.06. The van der Waals surface area contributed by atoms with Crippen LogP contribution in [0.5, 0.6) is 5.88 Å². The molecule has 4 heteroatoms. The summed E-state index contributed by atoms with van der Waals surface area (Å²) in [5.41, 5.74) is 0. The van der Waals surface area contributed by atoms with Crippen LogP contribution >= 0.6 is 0 Å². The second-order valence-corrected chi connectivity index (χ2v) is 1.24. The molecule has 8 heavy (non-hydrogen) atoms. The SMILES string of the molecule is CCOc1cn[nH]n1. The first kappa shape index (κ1) is 5.08. The third-order valence-electron chi connectivity index (χ3n) is 0.685. The second kappa shape index (κ2) is 2.30. The maximum Gasteiger partial charge on any atom is 0.253 e. The fraction of sp³-hybridized carbons (Fsp3) is 0.500. The highest BCUT2D eigenvalue weighted by Crippen LogP contribution is 1.97. The van der Waals surface area contributed by atoms with Crippen LogP contribution in [0.25, 0.3) is 0 Å². The summed E-state index contributed by atoms with van der Waals surface area (Å²) in [4.78, 5) is 0. The summed E-state index contributed by atoms with van der Waals surface area (Å²) in [6, 6.07) is 0. The van der Waals surface area contributed by atoms with Gasteiger partial charge in [-0.15, -0.1) is 5.10 Å². The first-order valence-electron chi connectivity index (χ1n) is 2.42. The number of nitrogens with one attached hydrogen (secondary N) is 1. The third kappa shape index (κ3) is 0.959. The van der Waals surface area contributed by atoms with Crippen LogP contribution in [-0.4, -0.2) is 22.0 Å². The molecule has 0 bridgehead atoms. The van der Waals surface area contributed by atoms with Crippen LogP contribution in [0.15, 0.2) is 6.20 Å². The van der Waals surface area contributed by atoms with Crippen LogP contribution in [0.2, 0.25) is 0 Å². The van der Waals surface area contributed by atoms with Gasteiger partial charge in [0.1, 0.15) is 6.20 Å². The van der Waals surface area contributed by atoms with Gasteiger partial charge in [-0.05, 0) is 6.92 Å². The van der Waals surface area contributed by atoms with E-state index in [9.17, 15) is 0 Å². The van der Waals surface area contributed by atoms with E-state index in [1.807, 2.05) is 6.92 Å². The van der Waals surface area contributed by atoms with Gasteiger partial charge >= 0.3 is 0 Å². The van der Waals surface area contributed by atoms with E-state index in [2.05, 4.69) is 15.4 Å². The van der Waals surface area contributed by atoms with Crippen molar-refractivity contribution in [3.8, 4) is 5.88 Å². The Morgan fingerprint density at radius 1 is 1.88 bits per heavy atom. The highest BCUT2D eigenvalue weighted by Gasteiger charge is 1.89. The molecule has 0 unspecified atom stereocenters. The number of nitrogens with zero attached hydrogens (tertiary/aromatic N) is 2. The lowest BCUT2D eigenvalue weighted by Gasteiger charge is -1.91. The van der Waals surface area contributed by atoms with Gasteiger partial charge in [-0.25, -0.2) is 0 Å². The van der Waals surface area contributed by atoms with Gasteiger partial charge in [0.2, 0.25) is 0 Å². The molecule has 0 aliphatic rings. The number of hydrogen-bond acceptors (Lipinski definition) is 3. The van der Waals surface area contributed by atoms with E-state index in [-0.39, 0.29) is 0 Å². The van der Waals surface area contributed by atoms with Crippen molar-refractivity contribution in [2.45, 2.75) is 6.92 Å². The van der Waals surface area contributed by atoms with Crippen molar-refractivity contribution in [1.82, 2.24) is 15.4 Å². The molecule has 0 atom stereocenters. The molecule has 0 radical (unpaired) electrons.